The van der Waals surface area contributed by atoms with Gasteiger partial charge in [0.05, 0.1) is 11.4 Å². The maximum atomic E-state index is 11.9. The number of imidazole rings is 1. The number of piperazine rings is 1. The number of benzene rings is 1. The van der Waals surface area contributed by atoms with Crippen LogP contribution in [0.3, 0.4) is 0 Å². The molecule has 3 aromatic rings. The molecule has 2 aliphatic rings. The molecule has 5 rings (SSSR count). The van der Waals surface area contributed by atoms with E-state index < -0.39 is 0 Å². The number of anilines is 2. The fourth-order valence-corrected chi connectivity index (χ4v) is 4.84. The number of pyridine rings is 1. The molecular weight excluding hydrogens is 388 g/mol. The first kappa shape index (κ1) is 20.0. The van der Waals surface area contributed by atoms with Gasteiger partial charge in [-0.2, -0.15) is 0 Å². The molecular formula is C24H30N6O. The van der Waals surface area contributed by atoms with Gasteiger partial charge in [0.1, 0.15) is 5.65 Å². The Hall–Kier alpha value is -2.90. The van der Waals surface area contributed by atoms with Gasteiger partial charge in [-0.15, -0.1) is 0 Å². The van der Waals surface area contributed by atoms with Crippen LogP contribution in [-0.4, -0.2) is 64.4 Å². The number of nitrogens with two attached hydrogens (primary N) is 1. The van der Waals surface area contributed by atoms with Crippen LogP contribution >= 0.6 is 0 Å². The van der Waals surface area contributed by atoms with E-state index in [0.29, 0.717) is 0 Å². The van der Waals surface area contributed by atoms with Gasteiger partial charge in [-0.1, -0.05) is 13.0 Å². The van der Waals surface area contributed by atoms with E-state index in [1.54, 1.807) is 6.92 Å². The van der Waals surface area contributed by atoms with Gasteiger partial charge >= 0.3 is 0 Å². The summed E-state index contributed by atoms with van der Waals surface area (Å²) in [5.74, 6) is 0.0987. The summed E-state index contributed by atoms with van der Waals surface area (Å²) in [7, 11) is 0. The number of carbonyl (C=O) groups is 1. The van der Waals surface area contributed by atoms with Crippen molar-refractivity contribution in [1.29, 1.82) is 0 Å². The van der Waals surface area contributed by atoms with Crippen LogP contribution < -0.4 is 10.6 Å². The number of aromatic nitrogens is 2. The summed E-state index contributed by atoms with van der Waals surface area (Å²) in [4.78, 5) is 23.8. The van der Waals surface area contributed by atoms with Gasteiger partial charge in [0, 0.05) is 69.3 Å². The second-order valence-corrected chi connectivity index (χ2v) is 8.57. The Labute approximate surface area is 183 Å². The Balaban J connectivity index is 1.53. The highest BCUT2D eigenvalue weighted by Crippen LogP contribution is 2.34. The number of fused-ring (bicyclic) bond motifs is 2. The molecule has 2 aliphatic heterocycles. The van der Waals surface area contributed by atoms with Gasteiger partial charge < -0.3 is 19.9 Å². The largest absolute Gasteiger partial charge is 0.398 e. The first-order valence-electron chi connectivity index (χ1n) is 11.2. The minimum Gasteiger partial charge on any atom is -0.398 e. The Bertz CT molecular complexity index is 1130. The van der Waals surface area contributed by atoms with E-state index in [-0.39, 0.29) is 5.91 Å². The second kappa shape index (κ2) is 7.98. The molecule has 2 aromatic heterocycles. The number of rotatable bonds is 4. The van der Waals surface area contributed by atoms with Crippen LogP contribution in [0.1, 0.15) is 25.1 Å². The molecule has 1 saturated heterocycles. The lowest BCUT2D eigenvalue weighted by molar-refractivity contribution is -0.116. The molecule has 0 bridgehead atoms. The molecule has 0 radical (unpaired) electrons. The molecule has 0 unspecified atom stereocenters. The number of amides is 1. The van der Waals surface area contributed by atoms with Crippen molar-refractivity contribution in [2.24, 2.45) is 0 Å². The van der Waals surface area contributed by atoms with Gasteiger partial charge in [0.15, 0.2) is 0 Å². The number of nitrogen functional groups attached to an aromatic ring is 1. The lowest BCUT2D eigenvalue weighted by atomic mass is 10.0. The second-order valence-electron chi connectivity index (χ2n) is 8.57. The number of hydrogen-bond donors (Lipinski definition) is 1. The Kier molecular flexibility index (Phi) is 5.16. The lowest BCUT2D eigenvalue weighted by Crippen LogP contribution is -2.45. The van der Waals surface area contributed by atoms with Crippen LogP contribution in [0.4, 0.5) is 11.4 Å². The number of likely N-dealkylation sites (N-methyl/N-ethyl adjacent to an activating group) is 1. The van der Waals surface area contributed by atoms with Gasteiger partial charge in [0.25, 0.3) is 0 Å². The third-order valence-electron chi connectivity index (χ3n) is 6.65. The monoisotopic (exact) mass is 418 g/mol. The topological polar surface area (TPSA) is 70.1 Å². The van der Waals surface area contributed by atoms with Crippen LogP contribution in [0.2, 0.25) is 0 Å². The van der Waals surface area contributed by atoms with Crippen molar-refractivity contribution in [2.45, 2.75) is 26.8 Å². The molecule has 0 saturated carbocycles. The molecule has 1 aromatic carbocycles. The van der Waals surface area contributed by atoms with Crippen molar-refractivity contribution in [2.75, 3.05) is 49.9 Å². The van der Waals surface area contributed by atoms with E-state index in [1.807, 2.05) is 23.2 Å². The molecule has 31 heavy (non-hydrogen) atoms. The Morgan fingerprint density at radius 3 is 2.58 bits per heavy atom. The maximum Gasteiger partial charge on any atom is 0.223 e. The van der Waals surface area contributed by atoms with E-state index in [4.69, 9.17) is 10.7 Å². The van der Waals surface area contributed by atoms with Crippen molar-refractivity contribution < 1.29 is 4.79 Å². The summed E-state index contributed by atoms with van der Waals surface area (Å²) in [5.41, 5.74) is 13.3. The van der Waals surface area contributed by atoms with Crippen molar-refractivity contribution in [3.63, 3.8) is 0 Å². The van der Waals surface area contributed by atoms with E-state index in [1.165, 1.54) is 11.3 Å². The normalized spacial score (nSPS) is 17.4. The Morgan fingerprint density at radius 1 is 1.06 bits per heavy atom. The standard InChI is InChI=1S/C24H30N6O/c1-3-27-10-12-28(13-11-27)16-22-24(26-23-7-5-20(25)15-30(22)23)19-4-6-21-18(14-19)8-9-29(21)17(2)31/h4-7,14-15H,3,8-13,16,25H2,1-2H3. The van der Waals surface area contributed by atoms with Crippen molar-refractivity contribution in [3.05, 3.63) is 47.8 Å². The quantitative estimate of drug-likeness (QED) is 0.705. The predicted octanol–water partition coefficient (Wildman–Crippen LogP) is 2.63. The van der Waals surface area contributed by atoms with Crippen molar-refractivity contribution in [3.8, 4) is 11.3 Å². The zero-order valence-electron chi connectivity index (χ0n) is 18.3. The molecule has 4 heterocycles. The van der Waals surface area contributed by atoms with Gasteiger partial charge in [-0.05, 0) is 42.8 Å². The maximum absolute atomic E-state index is 11.9. The molecule has 1 amide bonds. The number of hydrogen-bond acceptors (Lipinski definition) is 5. The third kappa shape index (κ3) is 3.68. The molecule has 1 fully saturated rings. The van der Waals surface area contributed by atoms with E-state index in [0.717, 1.165) is 80.5 Å². The summed E-state index contributed by atoms with van der Waals surface area (Å²) < 4.78 is 2.14. The van der Waals surface area contributed by atoms with Gasteiger partial charge in [-0.25, -0.2) is 4.98 Å². The highest BCUT2D eigenvalue weighted by atomic mass is 16.2. The fraction of sp³-hybridized carbons (Fsp3) is 0.417. The van der Waals surface area contributed by atoms with Crippen LogP contribution in [0.25, 0.3) is 16.9 Å². The average Bonchev–Trinajstić information content (AvgIpc) is 3.35. The third-order valence-corrected chi connectivity index (χ3v) is 6.65. The highest BCUT2D eigenvalue weighted by molar-refractivity contribution is 5.94. The van der Waals surface area contributed by atoms with Crippen LogP contribution in [0, 0.1) is 0 Å². The zero-order chi connectivity index (χ0) is 21.5. The predicted molar refractivity (Wildman–Crippen MR) is 124 cm³/mol. The van der Waals surface area contributed by atoms with Gasteiger partial charge in [0.2, 0.25) is 5.91 Å². The summed E-state index contributed by atoms with van der Waals surface area (Å²) in [6.07, 6.45) is 2.87. The minimum absolute atomic E-state index is 0.0987. The molecule has 162 valence electrons. The Morgan fingerprint density at radius 2 is 1.84 bits per heavy atom. The summed E-state index contributed by atoms with van der Waals surface area (Å²) in [6, 6.07) is 10.3. The number of carbonyl (C=O) groups excluding carboxylic acids is 1. The van der Waals surface area contributed by atoms with E-state index in [2.05, 4.69) is 39.3 Å². The molecule has 0 atom stereocenters. The smallest absolute Gasteiger partial charge is 0.223 e. The van der Waals surface area contributed by atoms with Crippen molar-refractivity contribution in [1.82, 2.24) is 19.2 Å². The lowest BCUT2D eigenvalue weighted by Gasteiger charge is -2.34. The summed E-state index contributed by atoms with van der Waals surface area (Å²) in [6.45, 7) is 10.9. The molecule has 0 aliphatic carbocycles. The first-order chi connectivity index (χ1) is 15.0. The molecule has 7 nitrogen and oxygen atoms in total. The SMILES string of the molecule is CCN1CCN(Cc2c(-c3ccc4c(c3)CCN4C(C)=O)nc3ccc(N)cn23)CC1. The molecule has 7 heteroatoms. The van der Waals surface area contributed by atoms with E-state index in [9.17, 15) is 4.79 Å². The van der Waals surface area contributed by atoms with Gasteiger partial charge in [-0.3, -0.25) is 9.69 Å². The van der Waals surface area contributed by atoms with Crippen LogP contribution in [-0.2, 0) is 17.8 Å². The molecule has 2 N–H and O–H groups in total. The minimum atomic E-state index is 0.0987. The van der Waals surface area contributed by atoms with E-state index >= 15 is 0 Å². The molecule has 0 spiro atoms. The van der Waals surface area contributed by atoms with Crippen LogP contribution in [0.15, 0.2) is 36.5 Å². The number of nitrogens with zero attached hydrogens (tertiary/aromatic N) is 5. The summed E-state index contributed by atoms with van der Waals surface area (Å²) in [5, 5.41) is 0. The summed E-state index contributed by atoms with van der Waals surface area (Å²) >= 11 is 0. The van der Waals surface area contributed by atoms with Crippen molar-refractivity contribution >= 4 is 22.9 Å². The zero-order valence-corrected chi connectivity index (χ0v) is 18.3. The fourth-order valence-electron chi connectivity index (χ4n) is 4.84. The van der Waals surface area contributed by atoms with Crippen LogP contribution in [0.5, 0.6) is 0 Å². The first-order valence-corrected chi connectivity index (χ1v) is 11.2. The highest BCUT2D eigenvalue weighted by Gasteiger charge is 2.25. The average molecular weight is 419 g/mol.